The van der Waals surface area contributed by atoms with Crippen molar-refractivity contribution in [3.8, 4) is 0 Å². The lowest BCUT2D eigenvalue weighted by Gasteiger charge is -2.55. The summed E-state index contributed by atoms with van der Waals surface area (Å²) in [6, 6.07) is 0.864. The quantitative estimate of drug-likeness (QED) is 0.835. The van der Waals surface area contributed by atoms with Crippen LogP contribution in [0.5, 0.6) is 0 Å². The van der Waals surface area contributed by atoms with Gasteiger partial charge in [0, 0.05) is 23.4 Å². The van der Waals surface area contributed by atoms with Crippen molar-refractivity contribution in [3.05, 3.63) is 0 Å². The van der Waals surface area contributed by atoms with Crippen molar-refractivity contribution in [2.75, 3.05) is 18.8 Å². The van der Waals surface area contributed by atoms with Crippen molar-refractivity contribution >= 4 is 11.8 Å². The molecule has 3 rings (SSSR count). The first-order valence-corrected chi connectivity index (χ1v) is 8.91. The Morgan fingerprint density at radius 1 is 1.22 bits per heavy atom. The third kappa shape index (κ3) is 2.03. The lowest BCUT2D eigenvalue weighted by molar-refractivity contribution is -0.00317. The van der Waals surface area contributed by atoms with Gasteiger partial charge in [-0.05, 0) is 56.7 Å². The summed E-state index contributed by atoms with van der Waals surface area (Å²) in [5, 5.41) is 0.718. The maximum absolute atomic E-state index is 6.29. The first-order valence-electron chi connectivity index (χ1n) is 7.86. The van der Waals surface area contributed by atoms with Crippen LogP contribution in [-0.2, 0) is 0 Å². The zero-order valence-corrected chi connectivity index (χ0v) is 12.6. The van der Waals surface area contributed by atoms with E-state index in [0.29, 0.717) is 5.54 Å². The molecule has 0 aromatic rings. The fraction of sp³-hybridized carbons (Fsp3) is 1.00. The minimum Gasteiger partial charge on any atom is -0.329 e. The molecule has 0 amide bonds. The van der Waals surface area contributed by atoms with Gasteiger partial charge in [-0.25, -0.2) is 0 Å². The summed E-state index contributed by atoms with van der Waals surface area (Å²) in [7, 11) is 0. The summed E-state index contributed by atoms with van der Waals surface area (Å²) >= 11 is 2.16. The summed E-state index contributed by atoms with van der Waals surface area (Å²) in [5.41, 5.74) is 6.60. The number of piperidine rings is 1. The number of hydrogen-bond donors (Lipinski definition) is 1. The number of thioether (sulfide) groups is 1. The highest BCUT2D eigenvalue weighted by atomic mass is 32.2. The van der Waals surface area contributed by atoms with Crippen molar-refractivity contribution < 1.29 is 0 Å². The van der Waals surface area contributed by atoms with Crippen LogP contribution < -0.4 is 5.73 Å². The molecule has 1 aliphatic carbocycles. The van der Waals surface area contributed by atoms with Crippen molar-refractivity contribution in [1.82, 2.24) is 4.90 Å². The smallest absolute Gasteiger partial charge is 0.0450 e. The Bertz CT molecular complexity index is 296. The Balaban J connectivity index is 1.85. The molecular weight excluding hydrogens is 240 g/mol. The molecule has 0 spiro atoms. The highest BCUT2D eigenvalue weighted by molar-refractivity contribution is 8.00. The number of rotatable bonds is 2. The zero-order chi connectivity index (χ0) is 12.6. The number of hydrogen-bond acceptors (Lipinski definition) is 3. The van der Waals surface area contributed by atoms with Crippen LogP contribution in [0.3, 0.4) is 0 Å². The van der Waals surface area contributed by atoms with Crippen LogP contribution in [0.2, 0.25) is 0 Å². The van der Waals surface area contributed by atoms with Gasteiger partial charge in [0.15, 0.2) is 0 Å². The summed E-state index contributed by atoms with van der Waals surface area (Å²) in [5.74, 6) is 2.33. The van der Waals surface area contributed by atoms with E-state index in [0.717, 1.165) is 23.8 Å². The Hall–Kier alpha value is 0.270. The molecule has 1 saturated carbocycles. The molecule has 2 saturated heterocycles. The highest BCUT2D eigenvalue weighted by Gasteiger charge is 2.48. The van der Waals surface area contributed by atoms with Crippen LogP contribution in [0.15, 0.2) is 0 Å². The van der Waals surface area contributed by atoms with Crippen LogP contribution in [0, 0.1) is 5.92 Å². The highest BCUT2D eigenvalue weighted by Crippen LogP contribution is 2.45. The van der Waals surface area contributed by atoms with Crippen molar-refractivity contribution in [3.63, 3.8) is 0 Å². The first kappa shape index (κ1) is 13.3. The summed E-state index contributed by atoms with van der Waals surface area (Å²) < 4.78 is 0. The predicted molar refractivity (Wildman–Crippen MR) is 80.0 cm³/mol. The third-order valence-corrected chi connectivity index (χ3v) is 7.26. The minimum absolute atomic E-state index is 0.316. The second-order valence-electron chi connectivity index (χ2n) is 6.52. The van der Waals surface area contributed by atoms with Gasteiger partial charge < -0.3 is 5.73 Å². The molecule has 3 aliphatic rings. The van der Waals surface area contributed by atoms with E-state index < -0.39 is 0 Å². The van der Waals surface area contributed by atoms with E-state index in [2.05, 4.69) is 23.6 Å². The molecule has 3 fully saturated rings. The van der Waals surface area contributed by atoms with E-state index >= 15 is 0 Å². The standard InChI is InChI=1S/C15H28N2S/c1-12-15(11-16,8-4-10-18-12)17-9-3-6-13-5-2-7-14(13)17/h12-14H,2-11,16H2,1H3. The molecule has 4 atom stereocenters. The number of fused-ring (bicyclic) bond motifs is 1. The van der Waals surface area contributed by atoms with E-state index in [1.165, 1.54) is 57.2 Å². The molecule has 0 bridgehead atoms. The Morgan fingerprint density at radius 3 is 2.83 bits per heavy atom. The second kappa shape index (κ2) is 5.34. The average Bonchev–Trinajstić information content (AvgIpc) is 2.88. The topological polar surface area (TPSA) is 29.3 Å². The number of likely N-dealkylation sites (tertiary alicyclic amines) is 1. The molecule has 2 nitrogen and oxygen atoms in total. The Morgan fingerprint density at radius 2 is 2.06 bits per heavy atom. The summed E-state index contributed by atoms with van der Waals surface area (Å²) in [6.07, 6.45) is 9.94. The van der Waals surface area contributed by atoms with Crippen molar-refractivity contribution in [2.24, 2.45) is 11.7 Å². The normalized spacial score (nSPS) is 46.0. The molecule has 18 heavy (non-hydrogen) atoms. The van der Waals surface area contributed by atoms with E-state index in [1.54, 1.807) is 0 Å². The molecular formula is C15H28N2S. The fourth-order valence-electron chi connectivity index (χ4n) is 4.77. The first-order chi connectivity index (χ1) is 8.78. The second-order valence-corrected chi connectivity index (χ2v) is 7.97. The molecule has 0 aromatic heterocycles. The Kier molecular flexibility index (Phi) is 3.93. The molecule has 2 N–H and O–H groups in total. The van der Waals surface area contributed by atoms with E-state index in [-0.39, 0.29) is 0 Å². The van der Waals surface area contributed by atoms with Crippen LogP contribution >= 0.6 is 11.8 Å². The van der Waals surface area contributed by atoms with Crippen LogP contribution in [0.25, 0.3) is 0 Å². The van der Waals surface area contributed by atoms with E-state index in [9.17, 15) is 0 Å². The lowest BCUT2D eigenvalue weighted by Crippen LogP contribution is -2.65. The van der Waals surface area contributed by atoms with Gasteiger partial charge in [0.2, 0.25) is 0 Å². The van der Waals surface area contributed by atoms with Gasteiger partial charge in [-0.15, -0.1) is 0 Å². The van der Waals surface area contributed by atoms with Crippen molar-refractivity contribution in [1.29, 1.82) is 0 Å². The molecule has 0 radical (unpaired) electrons. The predicted octanol–water partition coefficient (Wildman–Crippen LogP) is 2.86. The summed E-state index contributed by atoms with van der Waals surface area (Å²) in [4.78, 5) is 2.88. The number of nitrogens with zero attached hydrogens (tertiary/aromatic N) is 1. The third-order valence-electron chi connectivity index (χ3n) is 5.80. The largest absolute Gasteiger partial charge is 0.329 e. The SMILES string of the molecule is CC1SCCCC1(CN)N1CCCC2CCCC21. The maximum atomic E-state index is 6.29. The molecule has 104 valence electrons. The molecule has 2 aliphatic heterocycles. The van der Waals surface area contributed by atoms with Crippen LogP contribution in [-0.4, -0.2) is 40.6 Å². The molecule has 2 heterocycles. The molecule has 4 unspecified atom stereocenters. The van der Waals surface area contributed by atoms with Gasteiger partial charge in [-0.3, -0.25) is 4.90 Å². The lowest BCUT2D eigenvalue weighted by atomic mass is 9.81. The van der Waals surface area contributed by atoms with Gasteiger partial charge in [0.25, 0.3) is 0 Å². The van der Waals surface area contributed by atoms with Gasteiger partial charge in [-0.2, -0.15) is 11.8 Å². The summed E-state index contributed by atoms with van der Waals surface area (Å²) in [6.45, 7) is 4.60. The van der Waals surface area contributed by atoms with Gasteiger partial charge in [0.05, 0.1) is 0 Å². The van der Waals surface area contributed by atoms with E-state index in [4.69, 9.17) is 5.73 Å². The van der Waals surface area contributed by atoms with Gasteiger partial charge in [0.1, 0.15) is 0 Å². The minimum atomic E-state index is 0.316. The number of nitrogens with two attached hydrogens (primary N) is 1. The van der Waals surface area contributed by atoms with Crippen molar-refractivity contribution in [2.45, 2.75) is 68.7 Å². The average molecular weight is 268 g/mol. The van der Waals surface area contributed by atoms with Gasteiger partial charge >= 0.3 is 0 Å². The maximum Gasteiger partial charge on any atom is 0.0450 e. The fourth-order valence-corrected chi connectivity index (χ4v) is 6.09. The van der Waals surface area contributed by atoms with Crippen LogP contribution in [0.1, 0.15) is 51.9 Å². The molecule has 0 aromatic carbocycles. The van der Waals surface area contributed by atoms with Gasteiger partial charge in [-0.1, -0.05) is 13.3 Å². The molecule has 3 heteroatoms. The van der Waals surface area contributed by atoms with Crippen LogP contribution in [0.4, 0.5) is 0 Å². The Labute approximate surface area is 116 Å². The monoisotopic (exact) mass is 268 g/mol. The van der Waals surface area contributed by atoms with E-state index in [1.807, 2.05) is 0 Å². The zero-order valence-electron chi connectivity index (χ0n) is 11.7.